The van der Waals surface area contributed by atoms with Crippen molar-refractivity contribution < 1.29 is 4.79 Å². The molecule has 0 unspecified atom stereocenters. The Morgan fingerprint density at radius 2 is 2.25 bits per heavy atom. The van der Waals surface area contributed by atoms with Gasteiger partial charge < -0.3 is 15.1 Å². The highest BCUT2D eigenvalue weighted by atomic mass is 16.2. The van der Waals surface area contributed by atoms with Crippen LogP contribution in [0.1, 0.15) is 22.3 Å². The average Bonchev–Trinajstić information content (AvgIpc) is 2.86. The summed E-state index contributed by atoms with van der Waals surface area (Å²) in [5.74, 6) is 0.762. The Morgan fingerprint density at radius 1 is 1.45 bits per heavy atom. The minimum Gasteiger partial charge on any atom is -0.338 e. The molecule has 1 fully saturated rings. The van der Waals surface area contributed by atoms with Crippen LogP contribution < -0.4 is 5.32 Å². The molecule has 1 amide bonds. The molecule has 1 atom stereocenters. The molecule has 0 bridgehead atoms. The van der Waals surface area contributed by atoms with E-state index in [1.165, 1.54) is 5.56 Å². The molecule has 0 aromatic heterocycles. The van der Waals surface area contributed by atoms with Crippen LogP contribution in [0.15, 0.2) is 24.3 Å². The SMILES string of the molecule is CNC[C@@H]1CCN(C(=O)c2cccc(CN(C)C)c2)C1. The smallest absolute Gasteiger partial charge is 0.253 e. The Bertz CT molecular complexity index is 459. The molecule has 0 radical (unpaired) electrons. The third-order valence-corrected chi connectivity index (χ3v) is 3.74. The number of carbonyl (C=O) groups is 1. The predicted octanol–water partition coefficient (Wildman–Crippen LogP) is 1.43. The van der Waals surface area contributed by atoms with Crippen LogP contribution in [0.3, 0.4) is 0 Å². The minimum atomic E-state index is 0.171. The number of hydrogen-bond acceptors (Lipinski definition) is 3. The fourth-order valence-corrected chi connectivity index (χ4v) is 2.82. The van der Waals surface area contributed by atoms with Crippen LogP contribution in [0.2, 0.25) is 0 Å². The average molecular weight is 275 g/mol. The van der Waals surface area contributed by atoms with Crippen LogP contribution in [-0.4, -0.2) is 56.5 Å². The third kappa shape index (κ3) is 3.81. The molecule has 0 aliphatic carbocycles. The first-order chi connectivity index (χ1) is 9.60. The van der Waals surface area contributed by atoms with Crippen LogP contribution in [-0.2, 0) is 6.54 Å². The van der Waals surface area contributed by atoms with Gasteiger partial charge in [0.05, 0.1) is 0 Å². The molecule has 1 aromatic rings. The molecule has 20 heavy (non-hydrogen) atoms. The monoisotopic (exact) mass is 275 g/mol. The first kappa shape index (κ1) is 15.0. The summed E-state index contributed by atoms with van der Waals surface area (Å²) in [6.07, 6.45) is 1.10. The van der Waals surface area contributed by atoms with Gasteiger partial charge in [0.2, 0.25) is 0 Å². The summed E-state index contributed by atoms with van der Waals surface area (Å²) in [5, 5.41) is 3.20. The number of carbonyl (C=O) groups excluding carboxylic acids is 1. The van der Waals surface area contributed by atoms with Crippen LogP contribution >= 0.6 is 0 Å². The van der Waals surface area contributed by atoms with E-state index in [1.54, 1.807) is 0 Å². The van der Waals surface area contributed by atoms with Crippen molar-refractivity contribution >= 4 is 5.91 Å². The van der Waals surface area contributed by atoms with Gasteiger partial charge in [-0.25, -0.2) is 0 Å². The molecule has 1 aliphatic heterocycles. The van der Waals surface area contributed by atoms with Crippen LogP contribution in [0.4, 0.5) is 0 Å². The molecule has 4 heteroatoms. The van der Waals surface area contributed by atoms with Crippen molar-refractivity contribution in [2.45, 2.75) is 13.0 Å². The number of nitrogens with one attached hydrogen (secondary N) is 1. The Kier molecular flexibility index (Phi) is 5.15. The quantitative estimate of drug-likeness (QED) is 0.883. The summed E-state index contributed by atoms with van der Waals surface area (Å²) >= 11 is 0. The lowest BCUT2D eigenvalue weighted by Gasteiger charge is -2.17. The van der Waals surface area contributed by atoms with E-state index in [-0.39, 0.29) is 5.91 Å². The second-order valence-corrected chi connectivity index (χ2v) is 5.90. The second-order valence-electron chi connectivity index (χ2n) is 5.90. The number of hydrogen-bond donors (Lipinski definition) is 1. The highest BCUT2D eigenvalue weighted by Crippen LogP contribution is 2.19. The molecule has 2 rings (SSSR count). The largest absolute Gasteiger partial charge is 0.338 e. The predicted molar refractivity (Wildman–Crippen MR) is 81.8 cm³/mol. The molecule has 1 N–H and O–H groups in total. The summed E-state index contributed by atoms with van der Waals surface area (Å²) in [5.41, 5.74) is 2.00. The van der Waals surface area contributed by atoms with E-state index in [0.29, 0.717) is 5.92 Å². The van der Waals surface area contributed by atoms with Crippen molar-refractivity contribution in [2.24, 2.45) is 5.92 Å². The zero-order valence-electron chi connectivity index (χ0n) is 12.7. The third-order valence-electron chi connectivity index (χ3n) is 3.74. The number of rotatable bonds is 5. The first-order valence-electron chi connectivity index (χ1n) is 7.27. The van der Waals surface area contributed by atoms with E-state index >= 15 is 0 Å². The second kappa shape index (κ2) is 6.86. The van der Waals surface area contributed by atoms with Crippen molar-refractivity contribution in [3.05, 3.63) is 35.4 Å². The van der Waals surface area contributed by atoms with E-state index in [4.69, 9.17) is 0 Å². The maximum absolute atomic E-state index is 12.5. The van der Waals surface area contributed by atoms with Gasteiger partial charge in [-0.15, -0.1) is 0 Å². The molecule has 110 valence electrons. The highest BCUT2D eigenvalue weighted by molar-refractivity contribution is 5.94. The number of likely N-dealkylation sites (tertiary alicyclic amines) is 1. The summed E-state index contributed by atoms with van der Waals surface area (Å²) in [4.78, 5) is 16.6. The topological polar surface area (TPSA) is 35.6 Å². The Labute approximate surface area is 121 Å². The summed E-state index contributed by atoms with van der Waals surface area (Å²) < 4.78 is 0. The van der Waals surface area contributed by atoms with Crippen molar-refractivity contribution in [3.8, 4) is 0 Å². The van der Waals surface area contributed by atoms with Crippen LogP contribution in [0.5, 0.6) is 0 Å². The summed E-state index contributed by atoms with van der Waals surface area (Å²) in [6.45, 7) is 3.61. The van der Waals surface area contributed by atoms with Crippen molar-refractivity contribution in [3.63, 3.8) is 0 Å². The normalized spacial score (nSPS) is 18.8. The van der Waals surface area contributed by atoms with Gasteiger partial charge >= 0.3 is 0 Å². The van der Waals surface area contributed by atoms with Crippen molar-refractivity contribution in [1.82, 2.24) is 15.1 Å². The van der Waals surface area contributed by atoms with Crippen LogP contribution in [0, 0.1) is 5.92 Å². The lowest BCUT2D eigenvalue weighted by Crippen LogP contribution is -2.30. The minimum absolute atomic E-state index is 0.171. The summed E-state index contributed by atoms with van der Waals surface area (Å²) in [6, 6.07) is 8.00. The summed E-state index contributed by atoms with van der Waals surface area (Å²) in [7, 11) is 6.05. The molecular formula is C16H25N3O. The molecule has 1 saturated heterocycles. The van der Waals surface area contributed by atoms with E-state index in [0.717, 1.165) is 38.2 Å². The van der Waals surface area contributed by atoms with Gasteiger partial charge in [0.15, 0.2) is 0 Å². The maximum Gasteiger partial charge on any atom is 0.253 e. The fraction of sp³-hybridized carbons (Fsp3) is 0.562. The zero-order valence-corrected chi connectivity index (χ0v) is 12.7. The van der Waals surface area contributed by atoms with Gasteiger partial charge in [0, 0.05) is 25.2 Å². The molecule has 0 saturated carbocycles. The standard InChI is InChI=1S/C16H25N3O/c1-17-10-14-7-8-19(12-14)16(20)15-6-4-5-13(9-15)11-18(2)3/h4-6,9,14,17H,7-8,10-12H2,1-3H3/t14-/m0/s1. The van der Waals surface area contributed by atoms with E-state index < -0.39 is 0 Å². The van der Waals surface area contributed by atoms with E-state index in [2.05, 4.69) is 16.3 Å². The van der Waals surface area contributed by atoms with E-state index in [1.807, 2.05) is 44.2 Å². The molecule has 1 aliphatic rings. The number of benzene rings is 1. The zero-order chi connectivity index (χ0) is 14.5. The Hall–Kier alpha value is -1.39. The Balaban J connectivity index is 2.02. The van der Waals surface area contributed by atoms with Gasteiger partial charge in [0.1, 0.15) is 0 Å². The molecular weight excluding hydrogens is 250 g/mol. The first-order valence-corrected chi connectivity index (χ1v) is 7.27. The lowest BCUT2D eigenvalue weighted by molar-refractivity contribution is 0.0787. The van der Waals surface area contributed by atoms with Gasteiger partial charge in [-0.2, -0.15) is 0 Å². The Morgan fingerprint density at radius 3 is 2.95 bits per heavy atom. The molecule has 1 aromatic carbocycles. The molecule has 1 heterocycles. The van der Waals surface area contributed by atoms with Gasteiger partial charge in [0.25, 0.3) is 5.91 Å². The van der Waals surface area contributed by atoms with Crippen molar-refractivity contribution in [1.29, 1.82) is 0 Å². The van der Waals surface area contributed by atoms with Crippen molar-refractivity contribution in [2.75, 3.05) is 40.8 Å². The van der Waals surface area contributed by atoms with Crippen LogP contribution in [0.25, 0.3) is 0 Å². The van der Waals surface area contributed by atoms with Gasteiger partial charge in [-0.1, -0.05) is 12.1 Å². The maximum atomic E-state index is 12.5. The number of amides is 1. The number of nitrogens with zero attached hydrogens (tertiary/aromatic N) is 2. The van der Waals surface area contributed by atoms with E-state index in [9.17, 15) is 4.79 Å². The molecule has 4 nitrogen and oxygen atoms in total. The lowest BCUT2D eigenvalue weighted by atomic mass is 10.1. The molecule has 0 spiro atoms. The van der Waals surface area contributed by atoms with Gasteiger partial charge in [-0.05, 0) is 57.7 Å². The van der Waals surface area contributed by atoms with Gasteiger partial charge in [-0.3, -0.25) is 4.79 Å². The fourth-order valence-electron chi connectivity index (χ4n) is 2.82. The highest BCUT2D eigenvalue weighted by Gasteiger charge is 2.26.